The standard InChI is InChI=1S/C28H31N7O/c1-4-28(2)9-13-35(14-10-28)18-5-6-23(30-15-18)33-22-17-31-25(21-16-32-27(36)24(21)22)19-7-11-29-26-20(19)8-12-34(26)3/h5-8,11-12,15,17H,4,9-10,13-14,16H2,1-3H3,(H,30,33)(H,32,36). The van der Waals surface area contributed by atoms with Gasteiger partial charge in [0.1, 0.15) is 11.5 Å². The number of anilines is 3. The Morgan fingerprint density at radius 2 is 1.92 bits per heavy atom. The second kappa shape index (κ2) is 8.62. The molecule has 0 radical (unpaired) electrons. The Hall–Kier alpha value is -3.94. The molecule has 184 valence electrons. The molecule has 0 spiro atoms. The maximum atomic E-state index is 12.8. The van der Waals surface area contributed by atoms with Crippen LogP contribution in [0.3, 0.4) is 0 Å². The first kappa shape index (κ1) is 22.5. The highest BCUT2D eigenvalue weighted by atomic mass is 16.1. The number of amides is 1. The summed E-state index contributed by atoms with van der Waals surface area (Å²) in [6, 6.07) is 8.09. The fourth-order valence-electron chi connectivity index (χ4n) is 5.38. The molecule has 8 heteroatoms. The van der Waals surface area contributed by atoms with Crippen molar-refractivity contribution in [2.24, 2.45) is 12.5 Å². The number of nitrogens with one attached hydrogen (secondary N) is 2. The van der Waals surface area contributed by atoms with Crippen LogP contribution in [-0.2, 0) is 13.6 Å². The van der Waals surface area contributed by atoms with Crippen molar-refractivity contribution >= 4 is 34.1 Å². The number of aromatic nitrogens is 4. The van der Waals surface area contributed by atoms with Crippen LogP contribution in [0.1, 0.15) is 49.0 Å². The molecule has 0 bridgehead atoms. The lowest BCUT2D eigenvalue weighted by atomic mass is 9.78. The maximum absolute atomic E-state index is 12.8. The number of aryl methyl sites for hydroxylation is 1. The third-order valence-electron chi connectivity index (χ3n) is 8.06. The molecule has 2 aliphatic heterocycles. The van der Waals surface area contributed by atoms with E-state index in [4.69, 9.17) is 4.98 Å². The lowest BCUT2D eigenvalue weighted by Gasteiger charge is -2.39. The van der Waals surface area contributed by atoms with Gasteiger partial charge in [-0.1, -0.05) is 20.3 Å². The van der Waals surface area contributed by atoms with E-state index in [9.17, 15) is 4.79 Å². The van der Waals surface area contributed by atoms with Gasteiger partial charge < -0.3 is 20.1 Å². The summed E-state index contributed by atoms with van der Waals surface area (Å²) in [6.45, 7) is 7.24. The van der Waals surface area contributed by atoms with Gasteiger partial charge in [0.25, 0.3) is 5.91 Å². The zero-order valence-corrected chi connectivity index (χ0v) is 21.0. The predicted molar refractivity (Wildman–Crippen MR) is 142 cm³/mol. The second-order valence-electron chi connectivity index (χ2n) is 10.3. The van der Waals surface area contributed by atoms with Crippen molar-refractivity contribution < 1.29 is 4.79 Å². The topological polar surface area (TPSA) is 88.0 Å². The van der Waals surface area contributed by atoms with Gasteiger partial charge in [0.15, 0.2) is 0 Å². The predicted octanol–water partition coefficient (Wildman–Crippen LogP) is 5.03. The number of carbonyl (C=O) groups excluding carboxylic acids is 1. The lowest BCUT2D eigenvalue weighted by Crippen LogP contribution is -2.38. The molecule has 0 unspecified atom stereocenters. The molecule has 1 saturated heterocycles. The van der Waals surface area contributed by atoms with Gasteiger partial charge in [-0.25, -0.2) is 9.97 Å². The van der Waals surface area contributed by atoms with Gasteiger partial charge in [-0.2, -0.15) is 0 Å². The Bertz CT molecular complexity index is 1450. The quantitative estimate of drug-likeness (QED) is 0.416. The summed E-state index contributed by atoms with van der Waals surface area (Å²) in [5.41, 5.74) is 6.45. The number of piperidine rings is 1. The summed E-state index contributed by atoms with van der Waals surface area (Å²) in [7, 11) is 1.97. The van der Waals surface area contributed by atoms with E-state index >= 15 is 0 Å². The van der Waals surface area contributed by atoms with E-state index in [-0.39, 0.29) is 5.91 Å². The first-order valence-corrected chi connectivity index (χ1v) is 12.6. The molecular formula is C28H31N7O. The summed E-state index contributed by atoms with van der Waals surface area (Å²) in [5, 5.41) is 7.33. The highest BCUT2D eigenvalue weighted by Gasteiger charge is 2.29. The Kier molecular flexibility index (Phi) is 5.39. The minimum atomic E-state index is -0.0987. The fourth-order valence-corrected chi connectivity index (χ4v) is 5.38. The Labute approximate surface area is 210 Å². The van der Waals surface area contributed by atoms with Crippen molar-refractivity contribution in [3.05, 3.63) is 60.2 Å². The summed E-state index contributed by atoms with van der Waals surface area (Å²) in [5.74, 6) is 0.596. The van der Waals surface area contributed by atoms with Crippen LogP contribution in [0.25, 0.3) is 22.3 Å². The molecule has 1 fully saturated rings. The highest BCUT2D eigenvalue weighted by molar-refractivity contribution is 6.06. The minimum absolute atomic E-state index is 0.0987. The molecule has 1 amide bonds. The van der Waals surface area contributed by atoms with Gasteiger partial charge >= 0.3 is 0 Å². The molecule has 36 heavy (non-hydrogen) atoms. The summed E-state index contributed by atoms with van der Waals surface area (Å²) < 4.78 is 1.99. The van der Waals surface area contributed by atoms with Crippen LogP contribution < -0.4 is 15.5 Å². The molecular weight excluding hydrogens is 450 g/mol. The third-order valence-corrected chi connectivity index (χ3v) is 8.06. The monoisotopic (exact) mass is 481 g/mol. The molecule has 4 aromatic rings. The van der Waals surface area contributed by atoms with Gasteiger partial charge in [-0.15, -0.1) is 0 Å². The summed E-state index contributed by atoms with van der Waals surface area (Å²) in [6.07, 6.45) is 11.1. The van der Waals surface area contributed by atoms with Crippen LogP contribution >= 0.6 is 0 Å². The van der Waals surface area contributed by atoms with Crippen molar-refractivity contribution in [1.82, 2.24) is 24.8 Å². The van der Waals surface area contributed by atoms with Crippen molar-refractivity contribution in [1.29, 1.82) is 0 Å². The van der Waals surface area contributed by atoms with Gasteiger partial charge in [0, 0.05) is 55.6 Å². The number of pyridine rings is 3. The van der Waals surface area contributed by atoms with Crippen LogP contribution in [0, 0.1) is 5.41 Å². The van der Waals surface area contributed by atoms with E-state index in [0.717, 1.165) is 46.6 Å². The van der Waals surface area contributed by atoms with E-state index in [0.29, 0.717) is 29.0 Å². The van der Waals surface area contributed by atoms with E-state index in [2.05, 4.69) is 45.4 Å². The smallest absolute Gasteiger partial charge is 0.254 e. The molecule has 2 N–H and O–H groups in total. The number of hydrogen-bond acceptors (Lipinski definition) is 6. The van der Waals surface area contributed by atoms with Crippen molar-refractivity contribution in [3.63, 3.8) is 0 Å². The van der Waals surface area contributed by atoms with E-state index in [1.165, 1.54) is 19.3 Å². The zero-order valence-electron chi connectivity index (χ0n) is 21.0. The van der Waals surface area contributed by atoms with Gasteiger partial charge in [0.2, 0.25) is 0 Å². The van der Waals surface area contributed by atoms with Gasteiger partial charge in [-0.3, -0.25) is 9.78 Å². The summed E-state index contributed by atoms with van der Waals surface area (Å²) >= 11 is 0. The summed E-state index contributed by atoms with van der Waals surface area (Å²) in [4.78, 5) is 29.2. The molecule has 2 aliphatic rings. The maximum Gasteiger partial charge on any atom is 0.254 e. The van der Waals surface area contributed by atoms with Crippen LogP contribution in [0.5, 0.6) is 0 Å². The molecule has 0 saturated carbocycles. The SMILES string of the molecule is CCC1(C)CCN(c2ccc(Nc3cnc(-c4ccnc5c4ccn5C)c4c3C(=O)NC4)nc2)CC1. The largest absolute Gasteiger partial charge is 0.370 e. The first-order chi connectivity index (χ1) is 17.5. The van der Waals surface area contributed by atoms with Crippen LogP contribution in [0.2, 0.25) is 0 Å². The molecule has 8 nitrogen and oxygen atoms in total. The molecule has 6 rings (SSSR count). The van der Waals surface area contributed by atoms with Crippen LogP contribution in [-0.4, -0.2) is 38.5 Å². The van der Waals surface area contributed by atoms with Crippen molar-refractivity contribution in [2.75, 3.05) is 23.3 Å². The minimum Gasteiger partial charge on any atom is -0.370 e. The number of carbonyl (C=O) groups is 1. The zero-order chi connectivity index (χ0) is 24.9. The number of fused-ring (bicyclic) bond motifs is 2. The van der Waals surface area contributed by atoms with Gasteiger partial charge in [0.05, 0.1) is 35.0 Å². The highest BCUT2D eigenvalue weighted by Crippen LogP contribution is 2.37. The first-order valence-electron chi connectivity index (χ1n) is 12.6. The van der Waals surface area contributed by atoms with Crippen LogP contribution in [0.4, 0.5) is 17.2 Å². The average Bonchev–Trinajstić information content (AvgIpc) is 3.48. The molecule has 4 aromatic heterocycles. The fraction of sp³-hybridized carbons (Fsp3) is 0.357. The number of nitrogens with zero attached hydrogens (tertiary/aromatic N) is 5. The Balaban J connectivity index is 1.28. The van der Waals surface area contributed by atoms with E-state index in [1.807, 2.05) is 42.2 Å². The number of hydrogen-bond donors (Lipinski definition) is 2. The third kappa shape index (κ3) is 3.77. The number of rotatable bonds is 5. The second-order valence-corrected chi connectivity index (χ2v) is 10.3. The lowest BCUT2D eigenvalue weighted by molar-refractivity contribution is 0.0966. The normalized spacial score (nSPS) is 16.8. The average molecular weight is 482 g/mol. The molecule has 0 aromatic carbocycles. The Morgan fingerprint density at radius 3 is 2.67 bits per heavy atom. The molecule has 0 aliphatic carbocycles. The Morgan fingerprint density at radius 1 is 1.08 bits per heavy atom. The van der Waals surface area contributed by atoms with Crippen LogP contribution in [0.15, 0.2) is 49.1 Å². The van der Waals surface area contributed by atoms with E-state index < -0.39 is 0 Å². The van der Waals surface area contributed by atoms with Crippen molar-refractivity contribution in [3.8, 4) is 11.3 Å². The molecule has 6 heterocycles. The molecule has 0 atom stereocenters. The van der Waals surface area contributed by atoms with E-state index in [1.54, 1.807) is 12.4 Å². The van der Waals surface area contributed by atoms with Crippen molar-refractivity contribution in [2.45, 2.75) is 39.7 Å². The van der Waals surface area contributed by atoms with Gasteiger partial charge in [-0.05, 0) is 42.5 Å².